The Morgan fingerprint density at radius 1 is 1.36 bits per heavy atom. The van der Waals surface area contributed by atoms with E-state index in [0.717, 1.165) is 0 Å². The highest BCUT2D eigenvalue weighted by Crippen LogP contribution is 2.50. The lowest BCUT2D eigenvalue weighted by Crippen LogP contribution is -2.43. The first kappa shape index (κ1) is 11.3. The van der Waals surface area contributed by atoms with E-state index >= 15 is 0 Å². The molecule has 1 aliphatic rings. The minimum Gasteiger partial charge on any atom is -0.328 e. The minimum atomic E-state index is -4.27. The van der Waals surface area contributed by atoms with Crippen LogP contribution in [0.2, 0.25) is 0 Å². The van der Waals surface area contributed by atoms with E-state index in [1.807, 2.05) is 0 Å². The molecule has 0 aromatic rings. The summed E-state index contributed by atoms with van der Waals surface area (Å²) in [5.41, 5.74) is 3.75. The Hall–Kier alpha value is -0.760. The topological polar surface area (TPSA) is 49.8 Å². The number of nitriles is 1. The molecule has 1 saturated carbocycles. The summed E-state index contributed by atoms with van der Waals surface area (Å²) in [6.45, 7) is 0. The SMILES string of the molecule is N#CCC1(C(F)(F)F)CCC(N)CC1. The van der Waals surface area contributed by atoms with Gasteiger partial charge in [-0.25, -0.2) is 0 Å². The van der Waals surface area contributed by atoms with Gasteiger partial charge < -0.3 is 5.73 Å². The molecular formula is C9H13F3N2. The Morgan fingerprint density at radius 3 is 2.21 bits per heavy atom. The van der Waals surface area contributed by atoms with Crippen LogP contribution in [-0.2, 0) is 0 Å². The van der Waals surface area contributed by atoms with Crippen molar-refractivity contribution in [3.63, 3.8) is 0 Å². The van der Waals surface area contributed by atoms with Gasteiger partial charge in [-0.15, -0.1) is 0 Å². The maximum absolute atomic E-state index is 12.7. The van der Waals surface area contributed by atoms with Gasteiger partial charge >= 0.3 is 6.18 Å². The van der Waals surface area contributed by atoms with Crippen molar-refractivity contribution in [3.05, 3.63) is 0 Å². The zero-order valence-corrected chi connectivity index (χ0v) is 7.77. The molecule has 14 heavy (non-hydrogen) atoms. The van der Waals surface area contributed by atoms with Gasteiger partial charge in [0.05, 0.1) is 11.5 Å². The molecule has 0 aromatic heterocycles. The van der Waals surface area contributed by atoms with Gasteiger partial charge in [0, 0.05) is 12.5 Å². The Bertz CT molecular complexity index is 233. The monoisotopic (exact) mass is 206 g/mol. The average Bonchev–Trinajstić information content (AvgIpc) is 2.07. The number of halogens is 3. The lowest BCUT2D eigenvalue weighted by molar-refractivity contribution is -0.233. The first-order valence-corrected chi connectivity index (χ1v) is 4.60. The highest BCUT2D eigenvalue weighted by Gasteiger charge is 2.55. The van der Waals surface area contributed by atoms with E-state index in [-0.39, 0.29) is 18.9 Å². The van der Waals surface area contributed by atoms with Crippen LogP contribution in [0.1, 0.15) is 32.1 Å². The van der Waals surface area contributed by atoms with Crippen molar-refractivity contribution in [2.75, 3.05) is 0 Å². The molecule has 2 N–H and O–H groups in total. The van der Waals surface area contributed by atoms with Crippen LogP contribution in [0.15, 0.2) is 0 Å². The third-order valence-corrected chi connectivity index (χ3v) is 3.01. The molecule has 1 aliphatic carbocycles. The van der Waals surface area contributed by atoms with Crippen molar-refractivity contribution in [3.8, 4) is 6.07 Å². The summed E-state index contributed by atoms with van der Waals surface area (Å²) >= 11 is 0. The normalized spacial score (nSPS) is 33.8. The quantitative estimate of drug-likeness (QED) is 0.715. The van der Waals surface area contributed by atoms with Crippen molar-refractivity contribution in [1.82, 2.24) is 0 Å². The molecule has 2 nitrogen and oxygen atoms in total. The van der Waals surface area contributed by atoms with Crippen LogP contribution in [0, 0.1) is 16.7 Å². The summed E-state index contributed by atoms with van der Waals surface area (Å²) in [7, 11) is 0. The van der Waals surface area contributed by atoms with E-state index in [0.29, 0.717) is 12.8 Å². The maximum Gasteiger partial charge on any atom is 0.395 e. The Labute approximate surface area is 80.9 Å². The maximum atomic E-state index is 12.7. The molecule has 0 spiro atoms. The van der Waals surface area contributed by atoms with Gasteiger partial charge in [0.25, 0.3) is 0 Å². The van der Waals surface area contributed by atoms with Crippen molar-refractivity contribution in [2.24, 2.45) is 11.1 Å². The second-order valence-electron chi connectivity index (χ2n) is 3.95. The molecule has 80 valence electrons. The summed E-state index contributed by atoms with van der Waals surface area (Å²) in [6.07, 6.45) is -4.01. The zero-order chi connectivity index (χ0) is 10.8. The molecule has 0 aromatic carbocycles. The Morgan fingerprint density at radius 2 is 1.86 bits per heavy atom. The first-order chi connectivity index (χ1) is 6.41. The van der Waals surface area contributed by atoms with Crippen LogP contribution in [0.4, 0.5) is 13.2 Å². The van der Waals surface area contributed by atoms with Crippen LogP contribution in [-0.4, -0.2) is 12.2 Å². The molecule has 0 aliphatic heterocycles. The molecular weight excluding hydrogens is 193 g/mol. The predicted molar refractivity (Wildman–Crippen MR) is 45.2 cm³/mol. The Balaban J connectivity index is 2.80. The van der Waals surface area contributed by atoms with Gasteiger partial charge in [0.1, 0.15) is 0 Å². The number of rotatable bonds is 1. The summed E-state index contributed by atoms with van der Waals surface area (Å²) in [5.74, 6) is 0. The van der Waals surface area contributed by atoms with E-state index < -0.39 is 18.0 Å². The smallest absolute Gasteiger partial charge is 0.328 e. The lowest BCUT2D eigenvalue weighted by atomic mass is 9.70. The highest BCUT2D eigenvalue weighted by atomic mass is 19.4. The number of hydrogen-bond acceptors (Lipinski definition) is 2. The fraction of sp³-hybridized carbons (Fsp3) is 0.889. The molecule has 1 fully saturated rings. The Kier molecular flexibility index (Phi) is 3.05. The van der Waals surface area contributed by atoms with E-state index in [2.05, 4.69) is 0 Å². The van der Waals surface area contributed by atoms with Gasteiger partial charge in [0.2, 0.25) is 0 Å². The summed E-state index contributed by atoms with van der Waals surface area (Å²) in [4.78, 5) is 0. The fourth-order valence-corrected chi connectivity index (χ4v) is 1.90. The molecule has 5 heteroatoms. The second-order valence-corrected chi connectivity index (χ2v) is 3.95. The van der Waals surface area contributed by atoms with Gasteiger partial charge in [-0.05, 0) is 25.7 Å². The van der Waals surface area contributed by atoms with Crippen molar-refractivity contribution in [2.45, 2.75) is 44.3 Å². The number of hydrogen-bond donors (Lipinski definition) is 1. The van der Waals surface area contributed by atoms with Gasteiger partial charge in [0.15, 0.2) is 0 Å². The molecule has 1 rings (SSSR count). The van der Waals surface area contributed by atoms with Crippen molar-refractivity contribution in [1.29, 1.82) is 5.26 Å². The van der Waals surface area contributed by atoms with Crippen LogP contribution in [0.25, 0.3) is 0 Å². The second kappa shape index (κ2) is 3.77. The van der Waals surface area contributed by atoms with Crippen LogP contribution in [0.5, 0.6) is 0 Å². The standard InChI is InChI=1S/C9H13F3N2/c10-9(11,12)8(5-6-13)3-1-7(14)2-4-8/h7H,1-5,14H2. The van der Waals surface area contributed by atoms with E-state index in [9.17, 15) is 13.2 Å². The number of nitrogens with two attached hydrogens (primary N) is 1. The van der Waals surface area contributed by atoms with E-state index in [1.54, 1.807) is 6.07 Å². The molecule has 0 saturated heterocycles. The predicted octanol–water partition coefficient (Wildman–Crippen LogP) is 2.35. The summed E-state index contributed by atoms with van der Waals surface area (Å²) in [5, 5.41) is 8.43. The van der Waals surface area contributed by atoms with Crippen LogP contribution in [0.3, 0.4) is 0 Å². The molecule has 0 radical (unpaired) electrons. The van der Waals surface area contributed by atoms with Crippen molar-refractivity contribution < 1.29 is 13.2 Å². The molecule has 0 heterocycles. The molecule has 0 unspecified atom stereocenters. The third-order valence-electron chi connectivity index (χ3n) is 3.01. The summed E-state index contributed by atoms with van der Waals surface area (Å²) in [6, 6.07) is 1.50. The molecule has 0 atom stereocenters. The first-order valence-electron chi connectivity index (χ1n) is 4.60. The van der Waals surface area contributed by atoms with E-state index in [1.165, 1.54) is 0 Å². The van der Waals surface area contributed by atoms with Crippen molar-refractivity contribution >= 4 is 0 Å². The minimum absolute atomic E-state index is 0.00870. The average molecular weight is 206 g/mol. The third kappa shape index (κ3) is 2.01. The van der Waals surface area contributed by atoms with Gasteiger partial charge in [-0.2, -0.15) is 18.4 Å². The largest absolute Gasteiger partial charge is 0.395 e. The molecule has 0 amide bonds. The van der Waals surface area contributed by atoms with Crippen LogP contribution >= 0.6 is 0 Å². The number of alkyl halides is 3. The van der Waals surface area contributed by atoms with E-state index in [4.69, 9.17) is 11.0 Å². The lowest BCUT2D eigenvalue weighted by Gasteiger charge is -2.39. The zero-order valence-electron chi connectivity index (χ0n) is 7.77. The summed E-state index contributed by atoms with van der Waals surface area (Å²) < 4.78 is 38.2. The highest BCUT2D eigenvalue weighted by molar-refractivity contribution is 4.97. The number of nitrogens with zero attached hydrogens (tertiary/aromatic N) is 1. The van der Waals surface area contributed by atoms with Crippen LogP contribution < -0.4 is 5.73 Å². The molecule has 0 bridgehead atoms. The van der Waals surface area contributed by atoms with Gasteiger partial charge in [-0.1, -0.05) is 0 Å². The van der Waals surface area contributed by atoms with Gasteiger partial charge in [-0.3, -0.25) is 0 Å². The fourth-order valence-electron chi connectivity index (χ4n) is 1.90.